The number of H-pyrrole nitrogens is 1. The van der Waals surface area contributed by atoms with E-state index in [2.05, 4.69) is 25.4 Å². The van der Waals surface area contributed by atoms with Crippen LogP contribution in [-0.2, 0) is 9.53 Å². The highest BCUT2D eigenvalue weighted by Gasteiger charge is 2.36. The topological polar surface area (TPSA) is 83.1 Å². The lowest BCUT2D eigenvalue weighted by atomic mass is 10.0. The van der Waals surface area contributed by atoms with Crippen molar-refractivity contribution in [1.82, 2.24) is 25.4 Å². The highest BCUT2D eigenvalue weighted by atomic mass is 16.5. The molecule has 2 aliphatic rings. The maximum absolute atomic E-state index is 12.9. The predicted octanol–water partition coefficient (Wildman–Crippen LogP) is 1.51. The molecular weight excluding hydrogens is 318 g/mol. The maximum Gasteiger partial charge on any atom is 0.242 e. The molecule has 1 aliphatic heterocycles. The Kier molecular flexibility index (Phi) is 4.50. The van der Waals surface area contributed by atoms with Gasteiger partial charge in [0.1, 0.15) is 18.0 Å². The average Bonchev–Trinajstić information content (AvgIpc) is 3.33. The van der Waals surface area contributed by atoms with Gasteiger partial charge in [0.2, 0.25) is 5.91 Å². The molecule has 132 valence electrons. The van der Waals surface area contributed by atoms with Crippen molar-refractivity contribution >= 4 is 5.91 Å². The molecule has 1 saturated carbocycles. The van der Waals surface area contributed by atoms with Crippen molar-refractivity contribution in [1.29, 1.82) is 0 Å². The molecule has 7 nitrogen and oxygen atoms in total. The second-order valence-electron chi connectivity index (χ2n) is 6.73. The average molecular weight is 341 g/mol. The Morgan fingerprint density at radius 3 is 2.84 bits per heavy atom. The number of carbonyl (C=O) groups excluding carboxylic acids is 1. The summed E-state index contributed by atoms with van der Waals surface area (Å²) in [6.45, 7) is 3.72. The number of nitrogens with one attached hydrogen (secondary N) is 2. The van der Waals surface area contributed by atoms with Crippen LogP contribution in [-0.4, -0.2) is 51.7 Å². The Labute approximate surface area is 146 Å². The molecule has 1 amide bonds. The zero-order chi connectivity index (χ0) is 17.2. The van der Waals surface area contributed by atoms with Crippen molar-refractivity contribution in [3.8, 4) is 0 Å². The van der Waals surface area contributed by atoms with Gasteiger partial charge >= 0.3 is 0 Å². The molecule has 0 bridgehead atoms. The number of amides is 1. The van der Waals surface area contributed by atoms with Crippen LogP contribution in [0.5, 0.6) is 0 Å². The molecule has 1 aliphatic carbocycles. The number of hydrogen-bond acceptors (Lipinski definition) is 5. The van der Waals surface area contributed by atoms with Crippen LogP contribution in [0.3, 0.4) is 0 Å². The minimum atomic E-state index is -0.312. The minimum Gasteiger partial charge on any atom is -0.367 e. The molecule has 1 aromatic carbocycles. The fourth-order valence-electron chi connectivity index (χ4n) is 3.24. The molecule has 7 heteroatoms. The third-order valence-electron chi connectivity index (χ3n) is 4.65. The number of aromatic amines is 1. The summed E-state index contributed by atoms with van der Waals surface area (Å²) in [5.74, 6) is 1.49. The zero-order valence-electron chi connectivity index (χ0n) is 14.3. The van der Waals surface area contributed by atoms with Crippen LogP contribution in [0.15, 0.2) is 30.3 Å². The van der Waals surface area contributed by atoms with Crippen LogP contribution < -0.4 is 5.32 Å². The van der Waals surface area contributed by atoms with Crippen LogP contribution in [0.2, 0.25) is 0 Å². The van der Waals surface area contributed by atoms with Gasteiger partial charge in [-0.3, -0.25) is 14.8 Å². The summed E-state index contributed by atoms with van der Waals surface area (Å²) < 4.78 is 5.85. The third-order valence-corrected chi connectivity index (χ3v) is 4.65. The Morgan fingerprint density at radius 1 is 1.36 bits per heavy atom. The smallest absolute Gasteiger partial charge is 0.242 e. The molecule has 2 unspecified atom stereocenters. The van der Waals surface area contributed by atoms with E-state index in [0.29, 0.717) is 31.6 Å². The summed E-state index contributed by atoms with van der Waals surface area (Å²) >= 11 is 0. The summed E-state index contributed by atoms with van der Waals surface area (Å²) in [6, 6.07) is 9.97. The highest BCUT2D eigenvalue weighted by Crippen LogP contribution is 2.29. The molecule has 2 aromatic rings. The van der Waals surface area contributed by atoms with E-state index >= 15 is 0 Å². The third kappa shape index (κ3) is 3.72. The molecule has 2 atom stereocenters. The largest absolute Gasteiger partial charge is 0.367 e. The van der Waals surface area contributed by atoms with Crippen LogP contribution in [0.1, 0.15) is 42.2 Å². The lowest BCUT2D eigenvalue weighted by Gasteiger charge is -2.36. The molecule has 0 radical (unpaired) electrons. The van der Waals surface area contributed by atoms with Gasteiger partial charge in [-0.2, -0.15) is 5.10 Å². The lowest BCUT2D eigenvalue weighted by molar-refractivity contribution is -0.130. The summed E-state index contributed by atoms with van der Waals surface area (Å²) in [7, 11) is 0. The number of nitrogens with zero attached hydrogens (tertiary/aromatic N) is 3. The van der Waals surface area contributed by atoms with Crippen molar-refractivity contribution in [3.63, 3.8) is 0 Å². The van der Waals surface area contributed by atoms with Crippen molar-refractivity contribution in [2.24, 2.45) is 0 Å². The fourth-order valence-corrected chi connectivity index (χ4v) is 3.24. The van der Waals surface area contributed by atoms with Gasteiger partial charge in [0.25, 0.3) is 0 Å². The Balaban J connectivity index is 1.56. The molecule has 2 heterocycles. The van der Waals surface area contributed by atoms with E-state index in [1.807, 2.05) is 37.3 Å². The van der Waals surface area contributed by atoms with E-state index in [1.165, 1.54) is 0 Å². The van der Waals surface area contributed by atoms with Gasteiger partial charge in [0, 0.05) is 19.1 Å². The molecule has 0 spiro atoms. The highest BCUT2D eigenvalue weighted by molar-refractivity contribution is 5.83. The maximum atomic E-state index is 12.9. The quantitative estimate of drug-likeness (QED) is 0.861. The molecular formula is C18H23N5O2. The van der Waals surface area contributed by atoms with E-state index in [9.17, 15) is 4.79 Å². The van der Waals surface area contributed by atoms with E-state index in [-0.39, 0.29) is 18.1 Å². The number of aromatic nitrogens is 3. The number of benzene rings is 1. The van der Waals surface area contributed by atoms with Crippen LogP contribution in [0, 0.1) is 6.92 Å². The Morgan fingerprint density at radius 2 is 2.16 bits per heavy atom. The summed E-state index contributed by atoms with van der Waals surface area (Å²) in [4.78, 5) is 19.5. The summed E-state index contributed by atoms with van der Waals surface area (Å²) in [6.07, 6.45) is 1.93. The monoisotopic (exact) mass is 341 g/mol. The first-order chi connectivity index (χ1) is 12.2. The van der Waals surface area contributed by atoms with E-state index < -0.39 is 0 Å². The SMILES string of the molecule is Cc1nc(C2CN(C(C(=O)NC3CC3)c3ccccc3)CCO2)n[nH]1. The van der Waals surface area contributed by atoms with Gasteiger partial charge in [0.15, 0.2) is 5.82 Å². The second kappa shape index (κ2) is 6.93. The van der Waals surface area contributed by atoms with Crippen molar-refractivity contribution < 1.29 is 9.53 Å². The van der Waals surface area contributed by atoms with Gasteiger partial charge in [-0.1, -0.05) is 30.3 Å². The van der Waals surface area contributed by atoms with Crippen LogP contribution in [0.4, 0.5) is 0 Å². The number of morpholine rings is 1. The molecule has 1 saturated heterocycles. The standard InChI is InChI=1S/C18H23N5O2/c1-12-19-17(22-21-12)15-11-23(9-10-25-15)16(13-5-3-2-4-6-13)18(24)20-14-7-8-14/h2-6,14-16H,7-11H2,1H3,(H,20,24)(H,19,21,22). The fraction of sp³-hybridized carbons (Fsp3) is 0.500. The van der Waals surface area contributed by atoms with Crippen molar-refractivity contribution in [2.75, 3.05) is 19.7 Å². The van der Waals surface area contributed by atoms with Crippen molar-refractivity contribution in [3.05, 3.63) is 47.5 Å². The van der Waals surface area contributed by atoms with Gasteiger partial charge in [0.05, 0.1) is 6.61 Å². The van der Waals surface area contributed by atoms with Crippen LogP contribution >= 0.6 is 0 Å². The summed E-state index contributed by atoms with van der Waals surface area (Å²) in [5, 5.41) is 10.2. The number of aryl methyl sites for hydroxylation is 1. The summed E-state index contributed by atoms with van der Waals surface area (Å²) in [5.41, 5.74) is 1.01. The first kappa shape index (κ1) is 16.2. The zero-order valence-corrected chi connectivity index (χ0v) is 14.3. The molecule has 2 fully saturated rings. The number of carbonyl (C=O) groups is 1. The van der Waals surface area contributed by atoms with E-state index in [0.717, 1.165) is 24.2 Å². The normalized spacial score (nSPS) is 22.5. The molecule has 1 aromatic heterocycles. The van der Waals surface area contributed by atoms with E-state index in [1.54, 1.807) is 0 Å². The first-order valence-electron chi connectivity index (χ1n) is 8.80. The predicted molar refractivity (Wildman–Crippen MR) is 91.7 cm³/mol. The number of rotatable bonds is 5. The number of hydrogen-bond donors (Lipinski definition) is 2. The minimum absolute atomic E-state index is 0.0699. The van der Waals surface area contributed by atoms with Gasteiger partial charge in [-0.15, -0.1) is 0 Å². The van der Waals surface area contributed by atoms with Crippen LogP contribution in [0.25, 0.3) is 0 Å². The van der Waals surface area contributed by atoms with Crippen molar-refractivity contribution in [2.45, 2.75) is 38.0 Å². The Hall–Kier alpha value is -2.25. The second-order valence-corrected chi connectivity index (χ2v) is 6.73. The van der Waals surface area contributed by atoms with Gasteiger partial charge in [-0.05, 0) is 25.3 Å². The number of ether oxygens (including phenoxy) is 1. The molecule has 4 rings (SSSR count). The molecule has 25 heavy (non-hydrogen) atoms. The first-order valence-corrected chi connectivity index (χ1v) is 8.80. The van der Waals surface area contributed by atoms with Gasteiger partial charge in [-0.25, -0.2) is 4.98 Å². The Bertz CT molecular complexity index is 728. The lowest BCUT2D eigenvalue weighted by Crippen LogP contribution is -2.47. The van der Waals surface area contributed by atoms with E-state index in [4.69, 9.17) is 4.74 Å². The molecule has 2 N–H and O–H groups in total. The van der Waals surface area contributed by atoms with Gasteiger partial charge < -0.3 is 10.1 Å².